The van der Waals surface area contributed by atoms with Crippen LogP contribution in [0.3, 0.4) is 0 Å². The molecule has 1 saturated carbocycles. The molecule has 3 aliphatic rings. The van der Waals surface area contributed by atoms with Gasteiger partial charge in [-0.15, -0.1) is 0 Å². The third kappa shape index (κ3) is 2.86. The number of piperidine rings is 1. The van der Waals surface area contributed by atoms with Crippen LogP contribution in [0.2, 0.25) is 0 Å². The molecule has 1 aliphatic carbocycles. The Kier molecular flexibility index (Phi) is 3.28. The van der Waals surface area contributed by atoms with Crippen molar-refractivity contribution in [2.75, 3.05) is 0 Å². The van der Waals surface area contributed by atoms with E-state index in [1.165, 1.54) is 38.5 Å². The highest BCUT2D eigenvalue weighted by atomic mass is 15.0. The van der Waals surface area contributed by atoms with Crippen molar-refractivity contribution in [3.63, 3.8) is 0 Å². The van der Waals surface area contributed by atoms with E-state index < -0.39 is 0 Å². The van der Waals surface area contributed by atoms with Gasteiger partial charge in [0.1, 0.15) is 0 Å². The lowest BCUT2D eigenvalue weighted by Gasteiger charge is -2.41. The second-order valence-corrected chi connectivity index (χ2v) is 9.47. The van der Waals surface area contributed by atoms with E-state index in [0.29, 0.717) is 10.8 Å². The van der Waals surface area contributed by atoms with Crippen LogP contribution in [0.5, 0.6) is 0 Å². The standard InChI is InChI=1S/C18H33N/c1-17(2,3)16-8-12(16)11-18(4,5)13-9-14-6-7-15(10-13)19-14/h12-16,19H,6-11H2,1-5H3. The van der Waals surface area contributed by atoms with Crippen molar-refractivity contribution in [2.45, 2.75) is 85.2 Å². The molecular weight excluding hydrogens is 230 g/mol. The number of hydrogen-bond donors (Lipinski definition) is 1. The molecule has 1 heteroatoms. The molecule has 0 radical (unpaired) electrons. The van der Waals surface area contributed by atoms with Crippen molar-refractivity contribution in [3.05, 3.63) is 0 Å². The second kappa shape index (κ2) is 4.48. The van der Waals surface area contributed by atoms with E-state index in [9.17, 15) is 0 Å². The summed E-state index contributed by atoms with van der Waals surface area (Å²) in [6, 6.07) is 1.70. The minimum absolute atomic E-state index is 0.536. The fourth-order valence-electron chi connectivity index (χ4n) is 5.07. The number of nitrogens with one attached hydrogen (secondary N) is 1. The summed E-state index contributed by atoms with van der Waals surface area (Å²) < 4.78 is 0. The normalized spacial score (nSPS) is 42.5. The molecule has 2 heterocycles. The largest absolute Gasteiger partial charge is 0.311 e. The molecule has 4 unspecified atom stereocenters. The molecule has 0 aromatic carbocycles. The first-order valence-electron chi connectivity index (χ1n) is 8.52. The Balaban J connectivity index is 1.58. The molecule has 3 rings (SSSR count). The van der Waals surface area contributed by atoms with Crippen molar-refractivity contribution in [1.82, 2.24) is 5.32 Å². The van der Waals surface area contributed by atoms with E-state index in [4.69, 9.17) is 0 Å². The Morgan fingerprint density at radius 3 is 1.95 bits per heavy atom. The third-order valence-corrected chi connectivity index (χ3v) is 6.40. The van der Waals surface area contributed by atoms with E-state index in [-0.39, 0.29) is 0 Å². The molecule has 2 aliphatic heterocycles. The van der Waals surface area contributed by atoms with E-state index in [2.05, 4.69) is 39.9 Å². The predicted molar refractivity (Wildman–Crippen MR) is 82.1 cm³/mol. The molecular formula is C18H33N. The number of hydrogen-bond acceptors (Lipinski definition) is 1. The lowest BCUT2D eigenvalue weighted by atomic mass is 9.68. The van der Waals surface area contributed by atoms with Gasteiger partial charge in [-0.2, -0.15) is 0 Å². The molecule has 1 nitrogen and oxygen atoms in total. The van der Waals surface area contributed by atoms with Crippen molar-refractivity contribution >= 4 is 0 Å². The summed E-state index contributed by atoms with van der Waals surface area (Å²) in [5.74, 6) is 2.97. The van der Waals surface area contributed by atoms with Crippen molar-refractivity contribution < 1.29 is 0 Å². The minimum atomic E-state index is 0.536. The van der Waals surface area contributed by atoms with Gasteiger partial charge in [0.05, 0.1) is 0 Å². The van der Waals surface area contributed by atoms with Gasteiger partial charge in [0, 0.05) is 12.1 Å². The van der Waals surface area contributed by atoms with Crippen LogP contribution < -0.4 is 5.32 Å². The van der Waals surface area contributed by atoms with E-state index in [1.807, 2.05) is 0 Å². The maximum atomic E-state index is 3.79. The van der Waals surface area contributed by atoms with Crippen LogP contribution in [-0.4, -0.2) is 12.1 Å². The molecule has 3 fully saturated rings. The van der Waals surface area contributed by atoms with Gasteiger partial charge in [0.15, 0.2) is 0 Å². The fourth-order valence-corrected chi connectivity index (χ4v) is 5.07. The topological polar surface area (TPSA) is 12.0 Å². The van der Waals surface area contributed by atoms with Crippen LogP contribution >= 0.6 is 0 Å². The molecule has 2 bridgehead atoms. The van der Waals surface area contributed by atoms with Crippen molar-refractivity contribution in [3.8, 4) is 0 Å². The quantitative estimate of drug-likeness (QED) is 0.783. The number of fused-ring (bicyclic) bond motifs is 2. The molecule has 0 amide bonds. The van der Waals surface area contributed by atoms with E-state index in [0.717, 1.165) is 29.8 Å². The zero-order chi connectivity index (χ0) is 13.8. The van der Waals surface area contributed by atoms with Crippen molar-refractivity contribution in [2.24, 2.45) is 28.6 Å². The SMILES string of the molecule is CC(C)(C)C1CC1CC(C)(C)C1CC2CCC(C1)N2. The first-order valence-corrected chi connectivity index (χ1v) is 8.52. The highest BCUT2D eigenvalue weighted by Crippen LogP contribution is 2.57. The van der Waals surface area contributed by atoms with Gasteiger partial charge in [-0.05, 0) is 67.1 Å². The Hall–Kier alpha value is -0.0400. The van der Waals surface area contributed by atoms with Crippen LogP contribution in [0.4, 0.5) is 0 Å². The molecule has 110 valence electrons. The van der Waals surface area contributed by atoms with E-state index in [1.54, 1.807) is 0 Å². The predicted octanol–water partition coefficient (Wildman–Crippen LogP) is 4.62. The smallest absolute Gasteiger partial charge is 0.00730 e. The van der Waals surface area contributed by atoms with Crippen LogP contribution in [0.15, 0.2) is 0 Å². The van der Waals surface area contributed by atoms with Gasteiger partial charge >= 0.3 is 0 Å². The Labute approximate surface area is 119 Å². The van der Waals surface area contributed by atoms with Gasteiger partial charge in [0.2, 0.25) is 0 Å². The van der Waals surface area contributed by atoms with Gasteiger partial charge < -0.3 is 5.32 Å². The fraction of sp³-hybridized carbons (Fsp3) is 1.00. The maximum Gasteiger partial charge on any atom is 0.00730 e. The monoisotopic (exact) mass is 263 g/mol. The summed E-state index contributed by atoms with van der Waals surface area (Å²) in [6.07, 6.45) is 8.72. The molecule has 4 atom stereocenters. The Morgan fingerprint density at radius 1 is 0.895 bits per heavy atom. The van der Waals surface area contributed by atoms with Gasteiger partial charge in [-0.1, -0.05) is 34.6 Å². The van der Waals surface area contributed by atoms with Gasteiger partial charge in [0.25, 0.3) is 0 Å². The molecule has 0 aromatic heterocycles. The van der Waals surface area contributed by atoms with Crippen molar-refractivity contribution in [1.29, 1.82) is 0 Å². The lowest BCUT2D eigenvalue weighted by molar-refractivity contribution is 0.116. The van der Waals surface area contributed by atoms with Crippen LogP contribution in [0, 0.1) is 28.6 Å². The second-order valence-electron chi connectivity index (χ2n) is 9.47. The van der Waals surface area contributed by atoms with Gasteiger partial charge in [-0.25, -0.2) is 0 Å². The zero-order valence-corrected chi connectivity index (χ0v) is 13.6. The van der Waals surface area contributed by atoms with Gasteiger partial charge in [-0.3, -0.25) is 0 Å². The summed E-state index contributed by atoms with van der Waals surface area (Å²) in [7, 11) is 0. The summed E-state index contributed by atoms with van der Waals surface area (Å²) in [6.45, 7) is 12.4. The molecule has 19 heavy (non-hydrogen) atoms. The lowest BCUT2D eigenvalue weighted by Crippen LogP contribution is -2.43. The molecule has 1 N–H and O–H groups in total. The highest BCUT2D eigenvalue weighted by molar-refractivity contribution is 5.01. The summed E-state index contributed by atoms with van der Waals surface area (Å²) in [5, 5.41) is 3.79. The third-order valence-electron chi connectivity index (χ3n) is 6.40. The van der Waals surface area contributed by atoms with Crippen LogP contribution in [0.1, 0.15) is 73.1 Å². The highest BCUT2D eigenvalue weighted by Gasteiger charge is 2.49. The molecule has 2 saturated heterocycles. The average molecular weight is 263 g/mol. The number of rotatable bonds is 3. The summed E-state index contributed by atoms with van der Waals surface area (Å²) in [5.41, 5.74) is 1.10. The van der Waals surface area contributed by atoms with Crippen LogP contribution in [-0.2, 0) is 0 Å². The summed E-state index contributed by atoms with van der Waals surface area (Å²) in [4.78, 5) is 0. The Bertz CT molecular complexity index is 326. The minimum Gasteiger partial charge on any atom is -0.311 e. The first kappa shape index (κ1) is 13.9. The van der Waals surface area contributed by atoms with Crippen LogP contribution in [0.25, 0.3) is 0 Å². The first-order chi connectivity index (χ1) is 8.75. The van der Waals surface area contributed by atoms with E-state index >= 15 is 0 Å². The maximum absolute atomic E-state index is 3.79. The zero-order valence-electron chi connectivity index (χ0n) is 13.6. The Morgan fingerprint density at radius 2 is 1.47 bits per heavy atom. The average Bonchev–Trinajstić information content (AvgIpc) is 2.97. The molecule has 0 spiro atoms. The molecule has 0 aromatic rings. The summed E-state index contributed by atoms with van der Waals surface area (Å²) >= 11 is 0.